The van der Waals surface area contributed by atoms with Gasteiger partial charge in [-0.15, -0.1) is 0 Å². The van der Waals surface area contributed by atoms with Crippen LogP contribution in [0, 0.1) is 23.1 Å². The average Bonchev–Trinajstić information content (AvgIpc) is 2.47. The molecule has 2 unspecified atom stereocenters. The van der Waals surface area contributed by atoms with Crippen LogP contribution < -0.4 is 5.32 Å². The predicted octanol–water partition coefficient (Wildman–Crippen LogP) is 4.08. The highest BCUT2D eigenvalue weighted by Crippen LogP contribution is 2.29. The summed E-state index contributed by atoms with van der Waals surface area (Å²) in [7, 11) is 0. The second kappa shape index (κ2) is 7.98. The molecule has 1 fully saturated rings. The number of anilines is 1. The van der Waals surface area contributed by atoms with Crippen molar-refractivity contribution < 1.29 is 14.0 Å². The van der Waals surface area contributed by atoms with Crippen LogP contribution in [0.3, 0.4) is 0 Å². The zero-order valence-corrected chi connectivity index (χ0v) is 15.6. The van der Waals surface area contributed by atoms with Crippen LogP contribution in [0.4, 0.5) is 10.1 Å². The molecule has 1 saturated heterocycles. The Balaban J connectivity index is 1.88. The summed E-state index contributed by atoms with van der Waals surface area (Å²) in [5, 5.41) is 2.76. The summed E-state index contributed by atoms with van der Waals surface area (Å²) in [5.41, 5.74) is 0.137. The molecule has 5 heteroatoms. The summed E-state index contributed by atoms with van der Waals surface area (Å²) in [6.45, 7) is 9.84. The molecule has 0 radical (unpaired) electrons. The van der Waals surface area contributed by atoms with E-state index in [-0.39, 0.29) is 24.1 Å². The van der Waals surface area contributed by atoms with Gasteiger partial charge in [0.2, 0.25) is 11.8 Å². The number of carbonyl (C=O) groups excluding carboxylic acids is 2. The average molecular weight is 348 g/mol. The highest BCUT2D eigenvalue weighted by molar-refractivity contribution is 5.91. The minimum Gasteiger partial charge on any atom is -0.342 e. The molecular weight excluding hydrogens is 319 g/mol. The molecule has 0 spiro atoms. The molecule has 1 heterocycles. The summed E-state index contributed by atoms with van der Waals surface area (Å²) in [4.78, 5) is 26.8. The van der Waals surface area contributed by atoms with Crippen LogP contribution in [-0.4, -0.2) is 29.8 Å². The first-order valence-corrected chi connectivity index (χ1v) is 8.98. The van der Waals surface area contributed by atoms with Gasteiger partial charge in [-0.25, -0.2) is 4.39 Å². The quantitative estimate of drug-likeness (QED) is 0.872. The zero-order chi connectivity index (χ0) is 18.6. The molecule has 2 rings (SSSR count). The topological polar surface area (TPSA) is 49.4 Å². The minimum atomic E-state index is -0.425. The Kier molecular flexibility index (Phi) is 6.20. The lowest BCUT2D eigenvalue weighted by molar-refractivity contribution is -0.136. The third-order valence-electron chi connectivity index (χ3n) is 4.62. The molecule has 1 aliphatic rings. The summed E-state index contributed by atoms with van der Waals surface area (Å²) < 4.78 is 12.9. The van der Waals surface area contributed by atoms with E-state index in [9.17, 15) is 14.0 Å². The number of amides is 2. The maximum atomic E-state index is 12.9. The lowest BCUT2D eigenvalue weighted by Gasteiger charge is -2.37. The minimum absolute atomic E-state index is 0.123. The highest BCUT2D eigenvalue weighted by Gasteiger charge is 2.31. The molecule has 0 aliphatic carbocycles. The van der Waals surface area contributed by atoms with Gasteiger partial charge in [0.1, 0.15) is 5.82 Å². The summed E-state index contributed by atoms with van der Waals surface area (Å²) in [6, 6.07) is 5.68. The van der Waals surface area contributed by atoms with Crippen LogP contribution in [0.1, 0.15) is 47.0 Å². The van der Waals surface area contributed by atoms with Crippen LogP contribution >= 0.6 is 0 Å². The van der Waals surface area contributed by atoms with Crippen LogP contribution in [0.5, 0.6) is 0 Å². The van der Waals surface area contributed by atoms with Crippen LogP contribution in [0.15, 0.2) is 24.3 Å². The van der Waals surface area contributed by atoms with Gasteiger partial charge in [-0.05, 0) is 47.9 Å². The predicted molar refractivity (Wildman–Crippen MR) is 97.6 cm³/mol. The van der Waals surface area contributed by atoms with Gasteiger partial charge >= 0.3 is 0 Å². The van der Waals surface area contributed by atoms with Gasteiger partial charge in [0.05, 0.1) is 0 Å². The van der Waals surface area contributed by atoms with E-state index in [0.717, 1.165) is 19.5 Å². The Labute approximate surface area is 149 Å². The zero-order valence-electron chi connectivity index (χ0n) is 15.6. The highest BCUT2D eigenvalue weighted by atomic mass is 19.1. The number of rotatable bonds is 5. The summed E-state index contributed by atoms with van der Waals surface area (Å²) >= 11 is 0. The first-order chi connectivity index (χ1) is 11.6. The number of piperidine rings is 1. The summed E-state index contributed by atoms with van der Waals surface area (Å²) in [5.74, 6) is 0.673. The molecular formula is C20H29FN2O2. The fraction of sp³-hybridized carbons (Fsp3) is 0.600. The second-order valence-electron chi connectivity index (χ2n) is 8.32. The lowest BCUT2D eigenvalue weighted by atomic mass is 9.83. The van der Waals surface area contributed by atoms with E-state index < -0.39 is 5.41 Å². The number of carbonyl (C=O) groups is 2. The van der Waals surface area contributed by atoms with Gasteiger partial charge < -0.3 is 10.2 Å². The van der Waals surface area contributed by atoms with E-state index in [1.165, 1.54) is 24.3 Å². The fourth-order valence-electron chi connectivity index (χ4n) is 3.62. The standard InChI is InChI=1S/C20H29FN2O2/c1-14-9-15(2)13-23(12-14)19(25)11-20(3,4)10-18(24)22-17-7-5-16(21)6-8-17/h5-8,14-15H,9-13H2,1-4H3,(H,22,24). The van der Waals surface area contributed by atoms with Crippen molar-refractivity contribution in [3.05, 3.63) is 30.1 Å². The third kappa shape index (κ3) is 6.15. The number of hydrogen-bond donors (Lipinski definition) is 1. The van der Waals surface area contributed by atoms with E-state index in [1.807, 2.05) is 18.7 Å². The number of hydrogen-bond acceptors (Lipinski definition) is 2. The van der Waals surface area contributed by atoms with Gasteiger partial charge in [0.15, 0.2) is 0 Å². The Morgan fingerprint density at radius 1 is 1.12 bits per heavy atom. The molecule has 138 valence electrons. The second-order valence-corrected chi connectivity index (χ2v) is 8.32. The molecule has 0 aromatic heterocycles. The molecule has 2 atom stereocenters. The van der Waals surface area contributed by atoms with Gasteiger partial charge in [0, 0.05) is 31.6 Å². The summed E-state index contributed by atoms with van der Waals surface area (Å²) in [6.07, 6.45) is 1.76. The molecule has 25 heavy (non-hydrogen) atoms. The van der Waals surface area contributed by atoms with Gasteiger partial charge in [-0.3, -0.25) is 9.59 Å². The largest absolute Gasteiger partial charge is 0.342 e. The van der Waals surface area contributed by atoms with Crippen LogP contribution in [0.25, 0.3) is 0 Å². The van der Waals surface area contributed by atoms with Gasteiger partial charge in [0.25, 0.3) is 0 Å². The smallest absolute Gasteiger partial charge is 0.224 e. The monoisotopic (exact) mass is 348 g/mol. The van der Waals surface area contributed by atoms with E-state index in [0.29, 0.717) is 23.9 Å². The Hall–Kier alpha value is -1.91. The molecule has 2 amide bonds. The van der Waals surface area contributed by atoms with E-state index in [4.69, 9.17) is 0 Å². The van der Waals surface area contributed by atoms with Crippen LogP contribution in [0.2, 0.25) is 0 Å². The number of benzene rings is 1. The maximum Gasteiger partial charge on any atom is 0.224 e. The normalized spacial score (nSPS) is 21.1. The van der Waals surface area contributed by atoms with Crippen molar-refractivity contribution in [1.29, 1.82) is 0 Å². The molecule has 1 aromatic rings. The van der Waals surface area contributed by atoms with Crippen molar-refractivity contribution in [2.45, 2.75) is 47.0 Å². The number of nitrogens with zero attached hydrogens (tertiary/aromatic N) is 1. The lowest BCUT2D eigenvalue weighted by Crippen LogP contribution is -2.44. The molecule has 4 nitrogen and oxygen atoms in total. The fourth-order valence-corrected chi connectivity index (χ4v) is 3.62. The molecule has 0 saturated carbocycles. The Morgan fingerprint density at radius 2 is 1.68 bits per heavy atom. The first-order valence-electron chi connectivity index (χ1n) is 8.98. The van der Waals surface area contributed by atoms with Crippen LogP contribution in [-0.2, 0) is 9.59 Å². The Bertz CT molecular complexity index is 603. The van der Waals surface area contributed by atoms with Crippen molar-refractivity contribution in [3.63, 3.8) is 0 Å². The molecule has 0 bridgehead atoms. The SMILES string of the molecule is CC1CC(C)CN(C(=O)CC(C)(C)CC(=O)Nc2ccc(F)cc2)C1. The Morgan fingerprint density at radius 3 is 2.24 bits per heavy atom. The maximum absolute atomic E-state index is 12.9. The van der Waals surface area contributed by atoms with Crippen molar-refractivity contribution in [2.75, 3.05) is 18.4 Å². The number of halogens is 1. The number of likely N-dealkylation sites (tertiary alicyclic amines) is 1. The molecule has 1 N–H and O–H groups in total. The van der Waals surface area contributed by atoms with Gasteiger partial charge in [-0.2, -0.15) is 0 Å². The molecule has 1 aliphatic heterocycles. The van der Waals surface area contributed by atoms with Gasteiger partial charge in [-0.1, -0.05) is 27.7 Å². The van der Waals surface area contributed by atoms with E-state index >= 15 is 0 Å². The third-order valence-corrected chi connectivity index (χ3v) is 4.62. The van der Waals surface area contributed by atoms with Crippen molar-refractivity contribution in [1.82, 2.24) is 4.90 Å². The van der Waals surface area contributed by atoms with Crippen molar-refractivity contribution in [3.8, 4) is 0 Å². The van der Waals surface area contributed by atoms with E-state index in [1.54, 1.807) is 0 Å². The van der Waals surface area contributed by atoms with E-state index in [2.05, 4.69) is 19.2 Å². The first kappa shape index (κ1) is 19.4. The van der Waals surface area contributed by atoms with Crippen molar-refractivity contribution in [2.24, 2.45) is 17.3 Å². The number of nitrogens with one attached hydrogen (secondary N) is 1. The van der Waals surface area contributed by atoms with Crippen molar-refractivity contribution >= 4 is 17.5 Å². The molecule has 1 aromatic carbocycles.